The summed E-state index contributed by atoms with van der Waals surface area (Å²) >= 11 is 0. The average molecular weight is 129 g/mol. The Labute approximate surface area is 61.2 Å². The summed E-state index contributed by atoms with van der Waals surface area (Å²) in [7, 11) is 0. The fourth-order valence-corrected chi connectivity index (χ4v) is 0.940. The molecule has 1 aliphatic rings. The molecule has 0 heterocycles. The summed E-state index contributed by atoms with van der Waals surface area (Å²) < 4.78 is 0. The first-order valence-electron chi connectivity index (χ1n) is 3.54. The van der Waals surface area contributed by atoms with Gasteiger partial charge in [0.2, 0.25) is 0 Å². The summed E-state index contributed by atoms with van der Waals surface area (Å²) in [6, 6.07) is 10.4. The highest BCUT2D eigenvalue weighted by Crippen LogP contribution is 2.28. The van der Waals surface area contributed by atoms with E-state index in [4.69, 9.17) is 0 Å². The maximum atomic E-state index is 2.23. The maximum absolute atomic E-state index is 2.23. The summed E-state index contributed by atoms with van der Waals surface area (Å²) in [5, 5.41) is 0. The van der Waals surface area contributed by atoms with Gasteiger partial charge >= 0.3 is 0 Å². The Morgan fingerprint density at radius 1 is 1.10 bits per heavy atom. The number of hydrogen-bond acceptors (Lipinski definition) is 0. The van der Waals surface area contributed by atoms with Gasteiger partial charge in [0.05, 0.1) is 0 Å². The number of hydrogen-bond donors (Lipinski definition) is 0. The van der Waals surface area contributed by atoms with Gasteiger partial charge in [0.1, 0.15) is 0 Å². The van der Waals surface area contributed by atoms with Gasteiger partial charge in [-0.05, 0) is 18.4 Å². The second-order valence-corrected chi connectivity index (χ2v) is 2.54. The van der Waals surface area contributed by atoms with Crippen LogP contribution in [0, 0.1) is 6.42 Å². The van der Waals surface area contributed by atoms with Crippen molar-refractivity contribution in [2.45, 2.75) is 6.42 Å². The minimum absolute atomic E-state index is 1.19. The minimum atomic E-state index is 1.19. The van der Waals surface area contributed by atoms with Gasteiger partial charge in [0, 0.05) is 0 Å². The van der Waals surface area contributed by atoms with Gasteiger partial charge in [-0.1, -0.05) is 42.0 Å². The zero-order chi connectivity index (χ0) is 6.81. The molecule has 1 fully saturated rings. The second-order valence-electron chi connectivity index (χ2n) is 2.54. The van der Waals surface area contributed by atoms with Gasteiger partial charge in [-0.25, -0.2) is 0 Å². The van der Waals surface area contributed by atoms with Crippen LogP contribution in [0.4, 0.5) is 0 Å². The van der Waals surface area contributed by atoms with E-state index >= 15 is 0 Å². The molecule has 0 nitrogen and oxygen atoms in total. The van der Waals surface area contributed by atoms with Gasteiger partial charge < -0.3 is 0 Å². The van der Waals surface area contributed by atoms with Crippen molar-refractivity contribution in [3.05, 3.63) is 47.9 Å². The lowest BCUT2D eigenvalue weighted by Crippen LogP contribution is -1.66. The van der Waals surface area contributed by atoms with Crippen molar-refractivity contribution < 1.29 is 0 Å². The van der Waals surface area contributed by atoms with Crippen molar-refractivity contribution in [1.29, 1.82) is 0 Å². The van der Waals surface area contributed by atoms with E-state index in [9.17, 15) is 0 Å². The van der Waals surface area contributed by atoms with E-state index in [0.29, 0.717) is 0 Å². The predicted molar refractivity (Wildman–Crippen MR) is 43.3 cm³/mol. The van der Waals surface area contributed by atoms with Gasteiger partial charge in [-0.2, -0.15) is 0 Å². The summed E-state index contributed by atoms with van der Waals surface area (Å²) in [5.74, 6) is 0. The van der Waals surface area contributed by atoms with E-state index in [-0.39, 0.29) is 0 Å². The minimum Gasteiger partial charge on any atom is -0.0650 e. The molecule has 10 heavy (non-hydrogen) atoms. The highest BCUT2D eigenvalue weighted by atomic mass is 14.1. The smallest absolute Gasteiger partial charge is 0.00934 e. The topological polar surface area (TPSA) is 0 Å². The van der Waals surface area contributed by atoms with E-state index in [0.717, 1.165) is 0 Å². The summed E-state index contributed by atoms with van der Waals surface area (Å²) in [6.45, 7) is 0. The first-order valence-corrected chi connectivity index (χ1v) is 3.54. The summed E-state index contributed by atoms with van der Waals surface area (Å²) in [5.41, 5.74) is 2.78. The molecule has 1 aromatic carbocycles. The van der Waals surface area contributed by atoms with E-state index in [1.54, 1.807) is 0 Å². The molecule has 0 N–H and O–H groups in total. The van der Waals surface area contributed by atoms with E-state index in [1.807, 2.05) is 6.07 Å². The van der Waals surface area contributed by atoms with Gasteiger partial charge in [-0.3, -0.25) is 0 Å². The normalized spacial score (nSPS) is 19.4. The van der Waals surface area contributed by atoms with Crippen LogP contribution in [0.25, 0.3) is 6.08 Å². The highest BCUT2D eigenvalue weighted by Gasteiger charge is 2.10. The van der Waals surface area contributed by atoms with Crippen LogP contribution in [0.5, 0.6) is 0 Å². The Morgan fingerprint density at radius 2 is 1.80 bits per heavy atom. The SMILES string of the molecule is [CH]1C/C1=C/c1ccccc1. The first kappa shape index (κ1) is 5.72. The standard InChI is InChI=1S/C10H9/c1-2-4-9(5-3-1)8-10-6-7-10/h1-6,8H,7H2/b10-8+. The second kappa shape index (κ2) is 2.30. The summed E-state index contributed by atoms with van der Waals surface area (Å²) in [4.78, 5) is 0. The third-order valence-corrected chi connectivity index (χ3v) is 1.59. The lowest BCUT2D eigenvalue weighted by atomic mass is 10.2. The highest BCUT2D eigenvalue weighted by molar-refractivity contribution is 5.60. The zero-order valence-electron chi connectivity index (χ0n) is 5.75. The third kappa shape index (κ3) is 1.27. The van der Waals surface area contributed by atoms with E-state index in [1.165, 1.54) is 17.6 Å². The van der Waals surface area contributed by atoms with Crippen LogP contribution in [-0.4, -0.2) is 0 Å². The number of rotatable bonds is 1. The lowest BCUT2D eigenvalue weighted by molar-refractivity contribution is 1.64. The predicted octanol–water partition coefficient (Wildman–Crippen LogP) is 2.68. The molecule has 0 amide bonds. The van der Waals surface area contributed by atoms with Crippen LogP contribution in [-0.2, 0) is 0 Å². The molecule has 0 saturated heterocycles. The Morgan fingerprint density at radius 3 is 2.40 bits per heavy atom. The molecular formula is C10H9. The Hall–Kier alpha value is -1.04. The molecule has 0 bridgehead atoms. The molecule has 1 saturated carbocycles. The first-order chi connectivity index (χ1) is 4.95. The third-order valence-electron chi connectivity index (χ3n) is 1.59. The van der Waals surface area contributed by atoms with Gasteiger partial charge in [0.15, 0.2) is 0 Å². The van der Waals surface area contributed by atoms with Crippen molar-refractivity contribution in [2.75, 3.05) is 0 Å². The van der Waals surface area contributed by atoms with Gasteiger partial charge in [-0.15, -0.1) is 0 Å². The molecule has 0 aromatic heterocycles. The van der Waals surface area contributed by atoms with Crippen LogP contribution >= 0.6 is 0 Å². The van der Waals surface area contributed by atoms with Crippen LogP contribution in [0.3, 0.4) is 0 Å². The Kier molecular flexibility index (Phi) is 1.31. The van der Waals surface area contributed by atoms with E-state index < -0.39 is 0 Å². The lowest BCUT2D eigenvalue weighted by Gasteiger charge is -1.87. The monoisotopic (exact) mass is 129 g/mol. The molecule has 0 unspecified atom stereocenters. The Balaban J connectivity index is 2.26. The fourth-order valence-electron chi connectivity index (χ4n) is 0.940. The molecule has 1 aliphatic carbocycles. The fraction of sp³-hybridized carbons (Fsp3) is 0.100. The van der Waals surface area contributed by atoms with E-state index in [2.05, 4.69) is 36.8 Å². The average Bonchev–Trinajstić information content (AvgIpc) is 2.74. The van der Waals surface area contributed by atoms with Crippen molar-refractivity contribution in [2.24, 2.45) is 0 Å². The molecule has 0 spiro atoms. The van der Waals surface area contributed by atoms with Crippen LogP contribution in [0.15, 0.2) is 35.9 Å². The largest absolute Gasteiger partial charge is 0.0650 e. The molecule has 0 aliphatic heterocycles. The summed E-state index contributed by atoms with van der Waals surface area (Å²) in [6.07, 6.45) is 5.64. The Bertz CT molecular complexity index is 238. The van der Waals surface area contributed by atoms with Crippen LogP contribution in [0.2, 0.25) is 0 Å². The van der Waals surface area contributed by atoms with Crippen LogP contribution in [0.1, 0.15) is 12.0 Å². The van der Waals surface area contributed by atoms with Crippen molar-refractivity contribution in [3.63, 3.8) is 0 Å². The quantitative estimate of drug-likeness (QED) is 0.547. The molecule has 0 atom stereocenters. The molecular weight excluding hydrogens is 120 g/mol. The zero-order valence-corrected chi connectivity index (χ0v) is 5.75. The van der Waals surface area contributed by atoms with Crippen molar-refractivity contribution in [3.8, 4) is 0 Å². The van der Waals surface area contributed by atoms with Crippen LogP contribution < -0.4 is 0 Å². The molecule has 49 valence electrons. The molecule has 1 radical (unpaired) electrons. The van der Waals surface area contributed by atoms with Crippen molar-refractivity contribution in [1.82, 2.24) is 0 Å². The molecule has 0 heteroatoms. The molecule has 1 aromatic rings. The number of allylic oxidation sites excluding steroid dienone is 1. The number of benzene rings is 1. The van der Waals surface area contributed by atoms with Crippen molar-refractivity contribution >= 4 is 6.08 Å². The van der Waals surface area contributed by atoms with Gasteiger partial charge in [0.25, 0.3) is 0 Å². The molecule has 2 rings (SSSR count). The maximum Gasteiger partial charge on any atom is -0.00934 e.